The predicted octanol–water partition coefficient (Wildman–Crippen LogP) is 2.62. The van der Waals surface area contributed by atoms with Crippen molar-refractivity contribution in [2.24, 2.45) is 4.99 Å². The fourth-order valence-corrected chi connectivity index (χ4v) is 3.42. The number of guanidine groups is 1. The van der Waals surface area contributed by atoms with Crippen molar-refractivity contribution in [1.82, 2.24) is 25.1 Å². The summed E-state index contributed by atoms with van der Waals surface area (Å²) in [6.07, 6.45) is 3.55. The van der Waals surface area contributed by atoms with Gasteiger partial charge in [-0.2, -0.15) is 0 Å². The van der Waals surface area contributed by atoms with Crippen LogP contribution in [0.2, 0.25) is 0 Å². The summed E-state index contributed by atoms with van der Waals surface area (Å²) < 4.78 is 13.3. The van der Waals surface area contributed by atoms with E-state index in [1.165, 1.54) is 12.1 Å². The number of aromatic nitrogens is 2. The van der Waals surface area contributed by atoms with Crippen LogP contribution in [-0.2, 0) is 0 Å². The van der Waals surface area contributed by atoms with Gasteiger partial charge in [0.2, 0.25) is 5.95 Å². The van der Waals surface area contributed by atoms with E-state index in [4.69, 9.17) is 4.99 Å². The number of rotatable bonds is 6. The summed E-state index contributed by atoms with van der Waals surface area (Å²) in [6, 6.07) is 8.60. The molecular weight excluding hydrogens is 496 g/mol. The summed E-state index contributed by atoms with van der Waals surface area (Å²) in [5.74, 6) is 1.47. The number of nitrogens with zero attached hydrogens (tertiary/aromatic N) is 6. The predicted molar refractivity (Wildman–Crippen MR) is 130 cm³/mol. The Morgan fingerprint density at radius 2 is 1.77 bits per heavy atom. The second-order valence-electron chi connectivity index (χ2n) is 7.25. The number of aliphatic imine (C=N–C) groups is 1. The summed E-state index contributed by atoms with van der Waals surface area (Å²) in [4.78, 5) is 20.2. The third-order valence-electron chi connectivity index (χ3n) is 5.04. The zero-order chi connectivity index (χ0) is 20.6. The summed E-state index contributed by atoms with van der Waals surface area (Å²) in [7, 11) is 4.05. The van der Waals surface area contributed by atoms with Gasteiger partial charge in [0.15, 0.2) is 5.96 Å². The van der Waals surface area contributed by atoms with Gasteiger partial charge in [-0.1, -0.05) is 12.1 Å². The van der Waals surface area contributed by atoms with Crippen LogP contribution in [0.5, 0.6) is 0 Å². The van der Waals surface area contributed by atoms with Crippen LogP contribution in [0.4, 0.5) is 10.3 Å². The topological polar surface area (TPSA) is 59.9 Å². The van der Waals surface area contributed by atoms with E-state index in [0.29, 0.717) is 6.54 Å². The number of anilines is 1. The molecule has 0 aliphatic carbocycles. The molecule has 0 bridgehead atoms. The molecule has 1 atom stereocenters. The number of hydrogen-bond acceptors (Lipinski definition) is 5. The normalized spacial score (nSPS) is 15.7. The molecule has 1 aromatic heterocycles. The van der Waals surface area contributed by atoms with Crippen LogP contribution < -0.4 is 10.2 Å². The van der Waals surface area contributed by atoms with E-state index in [1.54, 1.807) is 12.4 Å². The number of nitrogens with one attached hydrogen (secondary N) is 1. The minimum Gasteiger partial charge on any atom is -0.357 e. The Hall–Kier alpha value is -2.01. The average molecular weight is 527 g/mol. The van der Waals surface area contributed by atoms with Crippen LogP contribution in [0.25, 0.3) is 0 Å². The van der Waals surface area contributed by atoms with Crippen molar-refractivity contribution in [3.63, 3.8) is 0 Å². The van der Waals surface area contributed by atoms with E-state index in [0.717, 1.165) is 50.2 Å². The molecule has 1 aliphatic rings. The summed E-state index contributed by atoms with van der Waals surface area (Å²) in [5, 5.41) is 3.41. The highest BCUT2D eigenvalue weighted by Crippen LogP contribution is 2.19. The zero-order valence-electron chi connectivity index (χ0n) is 17.8. The number of hydrogen-bond donors (Lipinski definition) is 1. The lowest BCUT2D eigenvalue weighted by Gasteiger charge is -2.36. The van der Waals surface area contributed by atoms with Crippen molar-refractivity contribution in [3.05, 3.63) is 54.1 Å². The summed E-state index contributed by atoms with van der Waals surface area (Å²) >= 11 is 0. The maximum atomic E-state index is 13.3. The quantitative estimate of drug-likeness (QED) is 0.354. The van der Waals surface area contributed by atoms with Gasteiger partial charge in [0, 0.05) is 45.1 Å². The van der Waals surface area contributed by atoms with Gasteiger partial charge >= 0.3 is 0 Å². The smallest absolute Gasteiger partial charge is 0.225 e. The first kappa shape index (κ1) is 24.3. The minimum absolute atomic E-state index is 0. The van der Waals surface area contributed by atoms with E-state index in [2.05, 4.69) is 36.9 Å². The SMILES string of the molecule is CCNC(=NCC(c1ccc(F)cc1)N(C)C)N1CCN(c2ncccn2)CC1.I. The van der Waals surface area contributed by atoms with Crippen molar-refractivity contribution >= 4 is 35.9 Å². The highest BCUT2D eigenvalue weighted by atomic mass is 127. The van der Waals surface area contributed by atoms with E-state index in [1.807, 2.05) is 32.3 Å². The molecule has 164 valence electrons. The second-order valence-corrected chi connectivity index (χ2v) is 7.25. The largest absolute Gasteiger partial charge is 0.357 e. The molecule has 0 radical (unpaired) electrons. The highest BCUT2D eigenvalue weighted by molar-refractivity contribution is 14.0. The zero-order valence-corrected chi connectivity index (χ0v) is 20.2. The van der Waals surface area contributed by atoms with Gasteiger partial charge in [0.1, 0.15) is 5.82 Å². The third-order valence-corrected chi connectivity index (χ3v) is 5.04. The number of halogens is 2. The minimum atomic E-state index is -0.219. The number of benzene rings is 1. The van der Waals surface area contributed by atoms with E-state index < -0.39 is 0 Å². The molecule has 2 aromatic rings. The molecule has 30 heavy (non-hydrogen) atoms. The lowest BCUT2D eigenvalue weighted by atomic mass is 10.1. The molecule has 0 saturated carbocycles. The number of piperazine rings is 1. The molecule has 0 amide bonds. The molecule has 1 aliphatic heterocycles. The van der Waals surface area contributed by atoms with Crippen molar-refractivity contribution < 1.29 is 4.39 Å². The van der Waals surface area contributed by atoms with E-state index >= 15 is 0 Å². The molecule has 1 fully saturated rings. The Labute approximate surface area is 195 Å². The van der Waals surface area contributed by atoms with Gasteiger partial charge in [0.25, 0.3) is 0 Å². The van der Waals surface area contributed by atoms with Crippen LogP contribution in [0.15, 0.2) is 47.7 Å². The molecule has 0 spiro atoms. The van der Waals surface area contributed by atoms with Crippen molar-refractivity contribution in [2.45, 2.75) is 13.0 Å². The molecule has 1 N–H and O–H groups in total. The lowest BCUT2D eigenvalue weighted by Crippen LogP contribution is -2.53. The highest BCUT2D eigenvalue weighted by Gasteiger charge is 2.22. The summed E-state index contributed by atoms with van der Waals surface area (Å²) in [5.41, 5.74) is 1.06. The molecule has 7 nitrogen and oxygen atoms in total. The summed E-state index contributed by atoms with van der Waals surface area (Å²) in [6.45, 7) is 6.90. The van der Waals surface area contributed by atoms with Crippen LogP contribution in [0, 0.1) is 5.82 Å². The Morgan fingerprint density at radius 1 is 1.13 bits per heavy atom. The van der Waals surface area contributed by atoms with Crippen molar-refractivity contribution in [2.75, 3.05) is 58.3 Å². The molecule has 1 saturated heterocycles. The van der Waals surface area contributed by atoms with Crippen LogP contribution in [0.3, 0.4) is 0 Å². The lowest BCUT2D eigenvalue weighted by molar-refractivity contribution is 0.303. The van der Waals surface area contributed by atoms with Gasteiger partial charge in [-0.25, -0.2) is 14.4 Å². The fourth-order valence-electron chi connectivity index (χ4n) is 3.42. The van der Waals surface area contributed by atoms with E-state index in [9.17, 15) is 4.39 Å². The standard InChI is InChI=1S/C21H30FN7.HI/c1-4-23-20(26-16-19(27(2)3)17-6-8-18(22)9-7-17)28-12-14-29(15-13-28)21-24-10-5-11-25-21;/h5-11,19H,4,12-16H2,1-3H3,(H,23,26);1H. The Kier molecular flexibility index (Phi) is 9.70. The Morgan fingerprint density at radius 3 is 2.33 bits per heavy atom. The van der Waals surface area contributed by atoms with Crippen molar-refractivity contribution in [1.29, 1.82) is 0 Å². The average Bonchev–Trinajstić information content (AvgIpc) is 2.75. The Bertz CT molecular complexity index is 778. The maximum Gasteiger partial charge on any atom is 0.225 e. The number of likely N-dealkylation sites (N-methyl/N-ethyl adjacent to an activating group) is 1. The Balaban J connectivity index is 0.00000320. The van der Waals surface area contributed by atoms with Crippen LogP contribution >= 0.6 is 24.0 Å². The van der Waals surface area contributed by atoms with Gasteiger partial charge in [0.05, 0.1) is 12.6 Å². The third kappa shape index (κ3) is 6.49. The van der Waals surface area contributed by atoms with Gasteiger partial charge in [-0.05, 0) is 44.8 Å². The second kappa shape index (κ2) is 12.0. The first-order chi connectivity index (χ1) is 14.1. The van der Waals surface area contributed by atoms with Crippen LogP contribution in [-0.4, -0.2) is 79.1 Å². The molecular formula is C21H31FIN7. The monoisotopic (exact) mass is 527 g/mol. The van der Waals surface area contributed by atoms with Gasteiger partial charge in [-0.15, -0.1) is 24.0 Å². The van der Waals surface area contributed by atoms with Gasteiger partial charge < -0.3 is 20.0 Å². The molecule has 1 unspecified atom stereocenters. The molecule has 1 aromatic carbocycles. The van der Waals surface area contributed by atoms with Gasteiger partial charge in [-0.3, -0.25) is 4.99 Å². The van der Waals surface area contributed by atoms with Crippen molar-refractivity contribution in [3.8, 4) is 0 Å². The molecule has 3 rings (SSSR count). The maximum absolute atomic E-state index is 13.3. The van der Waals surface area contributed by atoms with E-state index in [-0.39, 0.29) is 35.8 Å². The van der Waals surface area contributed by atoms with Crippen LogP contribution in [0.1, 0.15) is 18.5 Å². The fraction of sp³-hybridized carbons (Fsp3) is 0.476. The molecule has 2 heterocycles. The molecule has 9 heteroatoms. The first-order valence-electron chi connectivity index (χ1n) is 10.1. The first-order valence-corrected chi connectivity index (χ1v) is 10.1.